The summed E-state index contributed by atoms with van der Waals surface area (Å²) in [6.45, 7) is 4.44. The van der Waals surface area contributed by atoms with Gasteiger partial charge in [0.2, 0.25) is 0 Å². The van der Waals surface area contributed by atoms with Crippen LogP contribution in [0.4, 0.5) is 5.69 Å². The zero-order valence-electron chi connectivity index (χ0n) is 9.71. The van der Waals surface area contributed by atoms with Gasteiger partial charge in [-0.05, 0) is 24.6 Å². The molecule has 1 aromatic carbocycles. The van der Waals surface area contributed by atoms with Gasteiger partial charge in [0, 0.05) is 16.7 Å². The lowest BCUT2D eigenvalue weighted by atomic mass is 10.1. The van der Waals surface area contributed by atoms with Crippen molar-refractivity contribution in [3.05, 3.63) is 28.2 Å². The van der Waals surface area contributed by atoms with E-state index in [0.29, 0.717) is 6.54 Å². The number of halogens is 1. The minimum Gasteiger partial charge on any atom is -0.469 e. The smallest absolute Gasteiger partial charge is 0.310 e. The first-order valence-corrected chi connectivity index (χ1v) is 5.91. The Morgan fingerprint density at radius 2 is 2.25 bits per heavy atom. The van der Waals surface area contributed by atoms with Crippen LogP contribution < -0.4 is 5.32 Å². The number of anilines is 1. The summed E-state index contributed by atoms with van der Waals surface area (Å²) in [5.74, 6) is -0.344. The molecule has 1 aromatic rings. The zero-order chi connectivity index (χ0) is 12.1. The van der Waals surface area contributed by atoms with Crippen molar-refractivity contribution >= 4 is 27.6 Å². The monoisotopic (exact) mass is 285 g/mol. The molecule has 1 rings (SSSR count). The maximum atomic E-state index is 11.2. The van der Waals surface area contributed by atoms with E-state index in [9.17, 15) is 4.79 Å². The van der Waals surface area contributed by atoms with Gasteiger partial charge in [-0.25, -0.2) is 0 Å². The molecule has 0 aromatic heterocycles. The van der Waals surface area contributed by atoms with Crippen LogP contribution in [0, 0.1) is 12.8 Å². The first-order chi connectivity index (χ1) is 7.54. The van der Waals surface area contributed by atoms with Crippen LogP contribution in [0.25, 0.3) is 0 Å². The summed E-state index contributed by atoms with van der Waals surface area (Å²) in [7, 11) is 1.41. The van der Waals surface area contributed by atoms with Crippen molar-refractivity contribution in [3.8, 4) is 0 Å². The predicted octanol–water partition coefficient (Wildman–Crippen LogP) is 2.98. The molecule has 4 heteroatoms. The molecule has 0 fully saturated rings. The molecular formula is C12H16BrNO2. The molecule has 0 amide bonds. The number of carbonyl (C=O) groups is 1. The van der Waals surface area contributed by atoms with Gasteiger partial charge in [-0.1, -0.05) is 28.9 Å². The highest BCUT2D eigenvalue weighted by atomic mass is 79.9. The van der Waals surface area contributed by atoms with Gasteiger partial charge in [-0.15, -0.1) is 0 Å². The van der Waals surface area contributed by atoms with Crippen LogP contribution >= 0.6 is 15.9 Å². The van der Waals surface area contributed by atoms with Crippen LogP contribution in [0.15, 0.2) is 22.7 Å². The molecule has 16 heavy (non-hydrogen) atoms. The quantitative estimate of drug-likeness (QED) is 0.865. The van der Waals surface area contributed by atoms with Crippen molar-refractivity contribution < 1.29 is 9.53 Å². The SMILES string of the molecule is COC(=O)C(C)CNc1cc(Br)ccc1C. The van der Waals surface area contributed by atoms with Crippen molar-refractivity contribution in [3.63, 3.8) is 0 Å². The van der Waals surface area contributed by atoms with Crippen molar-refractivity contribution in [2.45, 2.75) is 13.8 Å². The van der Waals surface area contributed by atoms with Gasteiger partial charge in [0.15, 0.2) is 0 Å². The van der Waals surface area contributed by atoms with E-state index >= 15 is 0 Å². The Labute approximate surface area is 104 Å². The largest absolute Gasteiger partial charge is 0.469 e. The van der Waals surface area contributed by atoms with E-state index in [-0.39, 0.29) is 11.9 Å². The second kappa shape index (κ2) is 5.89. The highest BCUT2D eigenvalue weighted by Crippen LogP contribution is 2.20. The molecule has 0 radical (unpaired) electrons. The summed E-state index contributed by atoms with van der Waals surface area (Å²) in [6.07, 6.45) is 0. The van der Waals surface area contributed by atoms with Crippen molar-refractivity contribution in [1.82, 2.24) is 0 Å². The number of benzene rings is 1. The molecule has 1 atom stereocenters. The van der Waals surface area contributed by atoms with Gasteiger partial charge in [-0.2, -0.15) is 0 Å². The Hall–Kier alpha value is -1.03. The number of hydrogen-bond donors (Lipinski definition) is 1. The number of carbonyl (C=O) groups excluding carboxylic acids is 1. The number of rotatable bonds is 4. The van der Waals surface area contributed by atoms with E-state index in [0.717, 1.165) is 15.7 Å². The number of ether oxygens (including phenoxy) is 1. The minimum atomic E-state index is -0.194. The summed E-state index contributed by atoms with van der Waals surface area (Å²) in [5.41, 5.74) is 2.19. The molecular weight excluding hydrogens is 270 g/mol. The van der Waals surface area contributed by atoms with E-state index in [4.69, 9.17) is 0 Å². The minimum absolute atomic E-state index is 0.150. The topological polar surface area (TPSA) is 38.3 Å². The Morgan fingerprint density at radius 1 is 1.56 bits per heavy atom. The first-order valence-electron chi connectivity index (χ1n) is 5.12. The molecule has 0 heterocycles. The third-order valence-electron chi connectivity index (χ3n) is 2.40. The number of aryl methyl sites for hydroxylation is 1. The van der Waals surface area contributed by atoms with Gasteiger partial charge in [0.05, 0.1) is 13.0 Å². The summed E-state index contributed by atoms with van der Waals surface area (Å²) in [4.78, 5) is 11.2. The van der Waals surface area contributed by atoms with E-state index in [1.54, 1.807) is 0 Å². The normalized spacial score (nSPS) is 12.0. The maximum Gasteiger partial charge on any atom is 0.310 e. The molecule has 0 saturated heterocycles. The molecule has 0 saturated carbocycles. The van der Waals surface area contributed by atoms with Gasteiger partial charge in [0.1, 0.15) is 0 Å². The molecule has 0 aliphatic carbocycles. The van der Waals surface area contributed by atoms with Crippen LogP contribution in [0.2, 0.25) is 0 Å². The third kappa shape index (κ3) is 3.52. The van der Waals surface area contributed by atoms with Gasteiger partial charge >= 0.3 is 5.97 Å². The molecule has 1 N–H and O–H groups in total. The Kier molecular flexibility index (Phi) is 4.80. The van der Waals surface area contributed by atoms with E-state index in [1.165, 1.54) is 7.11 Å². The molecule has 1 unspecified atom stereocenters. The molecule has 3 nitrogen and oxygen atoms in total. The van der Waals surface area contributed by atoms with E-state index in [1.807, 2.05) is 32.0 Å². The van der Waals surface area contributed by atoms with E-state index in [2.05, 4.69) is 26.0 Å². The van der Waals surface area contributed by atoms with Crippen molar-refractivity contribution in [1.29, 1.82) is 0 Å². The average molecular weight is 286 g/mol. The number of methoxy groups -OCH3 is 1. The summed E-state index contributed by atoms with van der Waals surface area (Å²) >= 11 is 3.41. The highest BCUT2D eigenvalue weighted by Gasteiger charge is 2.12. The summed E-state index contributed by atoms with van der Waals surface area (Å²) in [6, 6.07) is 6.01. The standard InChI is InChI=1S/C12H16BrNO2/c1-8-4-5-10(13)6-11(8)14-7-9(2)12(15)16-3/h4-6,9,14H,7H2,1-3H3. The van der Waals surface area contributed by atoms with Gasteiger partial charge in [-0.3, -0.25) is 4.79 Å². The van der Waals surface area contributed by atoms with Crippen LogP contribution in [-0.4, -0.2) is 19.6 Å². The van der Waals surface area contributed by atoms with Crippen molar-refractivity contribution in [2.75, 3.05) is 19.0 Å². The zero-order valence-corrected chi connectivity index (χ0v) is 11.3. The molecule has 0 aliphatic rings. The van der Waals surface area contributed by atoms with Crippen LogP contribution in [0.5, 0.6) is 0 Å². The lowest BCUT2D eigenvalue weighted by Crippen LogP contribution is -2.21. The molecule has 88 valence electrons. The fourth-order valence-corrected chi connectivity index (χ4v) is 1.69. The maximum absolute atomic E-state index is 11.2. The second-order valence-electron chi connectivity index (χ2n) is 3.76. The lowest BCUT2D eigenvalue weighted by molar-refractivity contribution is -0.144. The first kappa shape index (κ1) is 13.0. The molecule has 0 bridgehead atoms. The lowest BCUT2D eigenvalue weighted by Gasteiger charge is -2.13. The molecule has 0 spiro atoms. The van der Waals surface area contributed by atoms with Crippen LogP contribution in [0.1, 0.15) is 12.5 Å². The van der Waals surface area contributed by atoms with Gasteiger partial charge < -0.3 is 10.1 Å². The van der Waals surface area contributed by atoms with Crippen molar-refractivity contribution in [2.24, 2.45) is 5.92 Å². The average Bonchev–Trinajstić information content (AvgIpc) is 2.28. The van der Waals surface area contributed by atoms with E-state index < -0.39 is 0 Å². The number of nitrogens with one attached hydrogen (secondary N) is 1. The Balaban J connectivity index is 2.60. The fourth-order valence-electron chi connectivity index (χ4n) is 1.33. The highest BCUT2D eigenvalue weighted by molar-refractivity contribution is 9.10. The second-order valence-corrected chi connectivity index (χ2v) is 4.68. The number of hydrogen-bond acceptors (Lipinski definition) is 3. The predicted molar refractivity (Wildman–Crippen MR) is 68.5 cm³/mol. The molecule has 0 aliphatic heterocycles. The van der Waals surface area contributed by atoms with Crippen LogP contribution in [-0.2, 0) is 9.53 Å². The number of esters is 1. The third-order valence-corrected chi connectivity index (χ3v) is 2.90. The summed E-state index contributed by atoms with van der Waals surface area (Å²) < 4.78 is 5.69. The Bertz CT molecular complexity index is 379. The Morgan fingerprint density at radius 3 is 2.88 bits per heavy atom. The fraction of sp³-hybridized carbons (Fsp3) is 0.417. The summed E-state index contributed by atoms with van der Waals surface area (Å²) in [5, 5.41) is 3.24. The van der Waals surface area contributed by atoms with Gasteiger partial charge in [0.25, 0.3) is 0 Å². The van der Waals surface area contributed by atoms with Crippen LogP contribution in [0.3, 0.4) is 0 Å².